The highest BCUT2D eigenvalue weighted by Crippen LogP contribution is 2.44. The van der Waals surface area contributed by atoms with Crippen LogP contribution in [0.2, 0.25) is 5.15 Å². The van der Waals surface area contributed by atoms with Gasteiger partial charge in [-0.05, 0) is 12.1 Å². The maximum absolute atomic E-state index is 14.6. The number of halogens is 2. The van der Waals surface area contributed by atoms with Crippen molar-refractivity contribution in [3.63, 3.8) is 0 Å². The highest BCUT2D eigenvalue weighted by Gasteiger charge is 2.50. The minimum atomic E-state index is -0.429. The van der Waals surface area contributed by atoms with Gasteiger partial charge in [0.2, 0.25) is 0 Å². The van der Waals surface area contributed by atoms with Crippen LogP contribution >= 0.6 is 11.6 Å². The molecule has 9 heteroatoms. The topological polar surface area (TPSA) is 72.3 Å². The lowest BCUT2D eigenvalue weighted by Gasteiger charge is -2.55. The van der Waals surface area contributed by atoms with Gasteiger partial charge in [-0.15, -0.1) is 0 Å². The molecule has 0 unspecified atom stereocenters. The molecule has 2 aliphatic rings. The van der Waals surface area contributed by atoms with Gasteiger partial charge in [-0.3, -0.25) is 9.48 Å². The first kappa shape index (κ1) is 19.0. The van der Waals surface area contributed by atoms with Crippen LogP contribution in [0.1, 0.15) is 10.4 Å². The molecule has 7 nitrogen and oxygen atoms in total. The normalized spacial score (nSPS) is 16.8. The monoisotopic (exact) mass is 427 g/mol. The summed E-state index contributed by atoms with van der Waals surface area (Å²) in [6, 6.07) is 8.16. The average Bonchev–Trinajstić information content (AvgIpc) is 3.00. The third kappa shape index (κ3) is 3.03. The number of amides is 1. The van der Waals surface area contributed by atoms with Gasteiger partial charge in [-0.2, -0.15) is 5.10 Å². The van der Waals surface area contributed by atoms with E-state index in [-0.39, 0.29) is 21.9 Å². The summed E-state index contributed by atoms with van der Waals surface area (Å²) in [6.07, 6.45) is 3.03. The molecule has 30 heavy (non-hydrogen) atoms. The number of rotatable bonds is 4. The highest BCUT2D eigenvalue weighted by atomic mass is 35.5. The van der Waals surface area contributed by atoms with Crippen LogP contribution in [-0.4, -0.2) is 47.0 Å². The Hall–Kier alpha value is -2.97. The van der Waals surface area contributed by atoms with Crippen molar-refractivity contribution in [3.05, 3.63) is 59.3 Å². The predicted octanol–water partition coefficient (Wildman–Crippen LogP) is 3.36. The minimum Gasteiger partial charge on any atom is -0.380 e. The molecule has 1 N–H and O–H groups in total. The number of ether oxygens (including phenoxy) is 1. The Balaban J connectivity index is 1.56. The summed E-state index contributed by atoms with van der Waals surface area (Å²) < 4.78 is 21.4. The maximum atomic E-state index is 14.6. The van der Waals surface area contributed by atoms with Gasteiger partial charge in [0.05, 0.1) is 36.1 Å². The number of benzene rings is 1. The zero-order valence-electron chi connectivity index (χ0n) is 16.2. The van der Waals surface area contributed by atoms with E-state index in [0.29, 0.717) is 22.6 Å². The van der Waals surface area contributed by atoms with E-state index in [1.165, 1.54) is 16.9 Å². The van der Waals surface area contributed by atoms with E-state index in [9.17, 15) is 9.18 Å². The standard InChI is InChI=1S/C21H19ClFN5O2/c1-27-18(22)15(8-25-27)20(29)26-17-14(13-4-2-3-5-16(13)23)6-7-24-19(17)28-9-21(10-28)11-30-12-21/h2-8H,9-12H2,1H3,(H,26,29). The Kier molecular flexibility index (Phi) is 4.48. The van der Waals surface area contributed by atoms with Gasteiger partial charge in [0.15, 0.2) is 5.82 Å². The number of hydrogen-bond acceptors (Lipinski definition) is 5. The van der Waals surface area contributed by atoms with Crippen molar-refractivity contribution in [2.24, 2.45) is 12.5 Å². The van der Waals surface area contributed by atoms with Crippen molar-refractivity contribution < 1.29 is 13.9 Å². The van der Waals surface area contributed by atoms with Crippen LogP contribution in [-0.2, 0) is 11.8 Å². The van der Waals surface area contributed by atoms with Crippen molar-refractivity contribution in [2.75, 3.05) is 36.5 Å². The molecule has 2 aromatic heterocycles. The summed E-state index contributed by atoms with van der Waals surface area (Å²) in [6.45, 7) is 3.00. The second-order valence-electron chi connectivity index (χ2n) is 7.81. The number of carbonyl (C=O) groups excluding carboxylic acids is 1. The van der Waals surface area contributed by atoms with Crippen LogP contribution in [0.5, 0.6) is 0 Å². The average molecular weight is 428 g/mol. The van der Waals surface area contributed by atoms with Gasteiger partial charge in [-0.25, -0.2) is 9.37 Å². The van der Waals surface area contributed by atoms with Crippen molar-refractivity contribution in [1.82, 2.24) is 14.8 Å². The van der Waals surface area contributed by atoms with E-state index in [0.717, 1.165) is 26.3 Å². The molecule has 0 saturated carbocycles. The molecule has 0 atom stereocenters. The van der Waals surface area contributed by atoms with E-state index in [4.69, 9.17) is 16.3 Å². The third-order valence-electron chi connectivity index (χ3n) is 5.61. The van der Waals surface area contributed by atoms with Crippen LogP contribution in [0.3, 0.4) is 0 Å². The smallest absolute Gasteiger partial charge is 0.260 e. The number of hydrogen-bond donors (Lipinski definition) is 1. The summed E-state index contributed by atoms with van der Waals surface area (Å²) >= 11 is 6.20. The van der Waals surface area contributed by atoms with Crippen LogP contribution in [0, 0.1) is 11.2 Å². The lowest BCUT2D eigenvalue weighted by Crippen LogP contribution is -2.66. The quantitative estimate of drug-likeness (QED) is 0.691. The molecule has 1 aromatic carbocycles. The number of aryl methyl sites for hydroxylation is 1. The van der Waals surface area contributed by atoms with E-state index >= 15 is 0 Å². The second kappa shape index (κ2) is 7.07. The fraction of sp³-hybridized carbons (Fsp3) is 0.286. The molecule has 3 aromatic rings. The van der Waals surface area contributed by atoms with Gasteiger partial charge in [0, 0.05) is 37.5 Å². The van der Waals surface area contributed by atoms with Crippen LogP contribution in [0.4, 0.5) is 15.9 Å². The largest absolute Gasteiger partial charge is 0.380 e. The Labute approximate surface area is 177 Å². The van der Waals surface area contributed by atoms with Crippen molar-refractivity contribution >= 4 is 29.0 Å². The van der Waals surface area contributed by atoms with E-state index in [1.54, 1.807) is 37.5 Å². The minimum absolute atomic E-state index is 0.156. The van der Waals surface area contributed by atoms with E-state index < -0.39 is 5.91 Å². The summed E-state index contributed by atoms with van der Waals surface area (Å²) in [5.74, 6) is -0.208. The molecule has 0 radical (unpaired) electrons. The molecule has 5 rings (SSSR count). The molecular formula is C21H19ClFN5O2. The summed E-state index contributed by atoms with van der Waals surface area (Å²) in [7, 11) is 1.65. The van der Waals surface area contributed by atoms with Gasteiger partial charge in [0.25, 0.3) is 5.91 Å². The van der Waals surface area contributed by atoms with Crippen molar-refractivity contribution in [1.29, 1.82) is 0 Å². The van der Waals surface area contributed by atoms with Crippen LogP contribution in [0.25, 0.3) is 11.1 Å². The molecule has 2 fully saturated rings. The zero-order valence-corrected chi connectivity index (χ0v) is 17.0. The zero-order chi connectivity index (χ0) is 20.9. The number of anilines is 2. The lowest BCUT2D eigenvalue weighted by molar-refractivity contribution is -0.127. The molecule has 2 saturated heterocycles. The maximum Gasteiger partial charge on any atom is 0.260 e. The first-order valence-electron chi connectivity index (χ1n) is 9.53. The van der Waals surface area contributed by atoms with E-state index in [2.05, 4.69) is 20.3 Å². The third-order valence-corrected chi connectivity index (χ3v) is 6.06. The molecule has 4 heterocycles. The summed E-state index contributed by atoms with van der Waals surface area (Å²) in [5, 5.41) is 7.15. The number of carbonyl (C=O) groups is 1. The SMILES string of the molecule is Cn1ncc(C(=O)Nc2c(-c3ccccc3F)ccnc2N2CC3(COC3)C2)c1Cl. The second-order valence-corrected chi connectivity index (χ2v) is 8.17. The Morgan fingerprint density at radius 1 is 1.23 bits per heavy atom. The molecule has 154 valence electrons. The lowest BCUT2D eigenvalue weighted by atomic mass is 9.78. The number of pyridine rings is 1. The van der Waals surface area contributed by atoms with Gasteiger partial charge < -0.3 is 15.0 Å². The predicted molar refractivity (Wildman–Crippen MR) is 111 cm³/mol. The summed E-state index contributed by atoms with van der Waals surface area (Å²) in [5.41, 5.74) is 1.78. The molecule has 0 bridgehead atoms. The first-order chi connectivity index (χ1) is 14.5. The molecule has 0 aliphatic carbocycles. The number of aromatic nitrogens is 3. The first-order valence-corrected chi connectivity index (χ1v) is 9.91. The number of nitrogens with zero attached hydrogens (tertiary/aromatic N) is 4. The van der Waals surface area contributed by atoms with Crippen molar-refractivity contribution in [3.8, 4) is 11.1 Å². The van der Waals surface area contributed by atoms with Gasteiger partial charge >= 0.3 is 0 Å². The van der Waals surface area contributed by atoms with E-state index in [1.807, 2.05) is 0 Å². The fourth-order valence-corrected chi connectivity index (χ4v) is 4.14. The van der Waals surface area contributed by atoms with Crippen LogP contribution < -0.4 is 10.2 Å². The molecule has 1 spiro atoms. The summed E-state index contributed by atoms with van der Waals surface area (Å²) in [4.78, 5) is 19.6. The van der Waals surface area contributed by atoms with Gasteiger partial charge in [-0.1, -0.05) is 29.8 Å². The molecule has 1 amide bonds. The Bertz CT molecular complexity index is 1140. The Morgan fingerprint density at radius 2 is 2.00 bits per heavy atom. The van der Waals surface area contributed by atoms with Gasteiger partial charge in [0.1, 0.15) is 11.0 Å². The highest BCUT2D eigenvalue weighted by molar-refractivity contribution is 6.33. The Morgan fingerprint density at radius 3 is 2.63 bits per heavy atom. The molecular weight excluding hydrogens is 409 g/mol. The van der Waals surface area contributed by atoms with Crippen LogP contribution in [0.15, 0.2) is 42.7 Å². The molecule has 2 aliphatic heterocycles. The fourth-order valence-electron chi connectivity index (χ4n) is 3.96. The number of nitrogens with one attached hydrogen (secondary N) is 1. The van der Waals surface area contributed by atoms with Crippen molar-refractivity contribution in [2.45, 2.75) is 0 Å².